The Kier molecular flexibility index (Phi) is 3.84. The van der Waals surface area contributed by atoms with Crippen LogP contribution >= 0.6 is 27.5 Å². The van der Waals surface area contributed by atoms with Gasteiger partial charge in [-0.25, -0.2) is 4.99 Å². The zero-order valence-electron chi connectivity index (χ0n) is 11.5. The number of nitrogens with two attached hydrogens (primary N) is 2. The molecule has 1 aliphatic heterocycles. The van der Waals surface area contributed by atoms with Gasteiger partial charge >= 0.3 is 0 Å². The first-order valence-electron chi connectivity index (χ1n) is 6.97. The molecule has 1 aromatic carbocycles. The van der Waals surface area contributed by atoms with E-state index < -0.39 is 5.66 Å². The van der Waals surface area contributed by atoms with Gasteiger partial charge < -0.3 is 11.5 Å². The summed E-state index contributed by atoms with van der Waals surface area (Å²) in [5.74, 6) is 0.604. The van der Waals surface area contributed by atoms with Gasteiger partial charge in [0.05, 0.1) is 10.7 Å². The Morgan fingerprint density at radius 2 is 1.90 bits per heavy atom. The number of hydrogen-bond donors (Lipinski definition) is 2. The fraction of sp³-hybridized carbons (Fsp3) is 0.429. The molecule has 0 radical (unpaired) electrons. The Hall–Kier alpha value is -1.27. The number of nitrogens with zero attached hydrogens (tertiary/aromatic N) is 3. The maximum atomic E-state index is 6.41. The molecule has 3 rings (SSSR count). The van der Waals surface area contributed by atoms with E-state index in [0.717, 1.165) is 35.8 Å². The van der Waals surface area contributed by atoms with E-state index in [4.69, 9.17) is 23.1 Å². The summed E-state index contributed by atoms with van der Waals surface area (Å²) in [6.45, 7) is 0. The van der Waals surface area contributed by atoms with Crippen molar-refractivity contribution in [2.45, 2.75) is 37.8 Å². The van der Waals surface area contributed by atoms with Gasteiger partial charge in [0, 0.05) is 4.47 Å². The number of rotatable bonds is 1. The minimum absolute atomic E-state index is 0.249. The number of aliphatic imine (C=N–C) groups is 2. The average Bonchev–Trinajstić information content (AvgIpc) is 2.41. The van der Waals surface area contributed by atoms with E-state index in [-0.39, 0.29) is 5.96 Å². The van der Waals surface area contributed by atoms with Gasteiger partial charge in [-0.05, 0) is 43.9 Å². The zero-order valence-corrected chi connectivity index (χ0v) is 13.9. The van der Waals surface area contributed by atoms with Crippen LogP contribution in [0.3, 0.4) is 0 Å². The molecule has 0 atom stereocenters. The molecule has 5 nitrogen and oxygen atoms in total. The lowest BCUT2D eigenvalue weighted by atomic mass is 9.87. The second kappa shape index (κ2) is 5.50. The van der Waals surface area contributed by atoms with Crippen molar-refractivity contribution in [2.75, 3.05) is 4.90 Å². The van der Waals surface area contributed by atoms with E-state index in [1.165, 1.54) is 6.42 Å². The smallest absolute Gasteiger partial charge is 0.220 e. The summed E-state index contributed by atoms with van der Waals surface area (Å²) in [6, 6.07) is 5.72. The van der Waals surface area contributed by atoms with Crippen molar-refractivity contribution in [3.63, 3.8) is 0 Å². The van der Waals surface area contributed by atoms with Gasteiger partial charge in [0.1, 0.15) is 5.66 Å². The van der Waals surface area contributed by atoms with E-state index in [0.29, 0.717) is 11.0 Å². The molecule has 0 amide bonds. The second-order valence-electron chi connectivity index (χ2n) is 5.41. The highest BCUT2D eigenvalue weighted by Gasteiger charge is 2.43. The molecule has 112 valence electrons. The van der Waals surface area contributed by atoms with Crippen LogP contribution in [0.4, 0.5) is 5.69 Å². The average molecular weight is 371 g/mol. The Balaban J connectivity index is 2.10. The Morgan fingerprint density at radius 1 is 1.19 bits per heavy atom. The maximum absolute atomic E-state index is 6.41. The van der Waals surface area contributed by atoms with Crippen molar-refractivity contribution in [3.8, 4) is 0 Å². The van der Waals surface area contributed by atoms with Gasteiger partial charge in [-0.3, -0.25) is 4.90 Å². The minimum Gasteiger partial charge on any atom is -0.369 e. The SMILES string of the molecule is NC1=NC2(CCCCC2)N(c2ccc(Br)cc2Cl)C(N)=N1. The maximum Gasteiger partial charge on any atom is 0.220 e. The highest BCUT2D eigenvalue weighted by atomic mass is 79.9. The van der Waals surface area contributed by atoms with Crippen LogP contribution in [0.1, 0.15) is 32.1 Å². The molecule has 2 aliphatic rings. The monoisotopic (exact) mass is 369 g/mol. The lowest BCUT2D eigenvalue weighted by molar-refractivity contribution is 0.305. The Labute approximate surface area is 137 Å². The van der Waals surface area contributed by atoms with Gasteiger partial charge in [0.25, 0.3) is 0 Å². The normalized spacial score (nSPS) is 21.1. The lowest BCUT2D eigenvalue weighted by Gasteiger charge is -2.45. The molecule has 1 aliphatic carbocycles. The van der Waals surface area contributed by atoms with Gasteiger partial charge in [0.15, 0.2) is 0 Å². The highest BCUT2D eigenvalue weighted by molar-refractivity contribution is 9.10. The van der Waals surface area contributed by atoms with E-state index in [1.807, 2.05) is 23.1 Å². The largest absolute Gasteiger partial charge is 0.369 e. The molecule has 1 aromatic rings. The summed E-state index contributed by atoms with van der Waals surface area (Å²) in [5, 5.41) is 0.614. The number of halogens is 2. The number of benzene rings is 1. The molecule has 7 heteroatoms. The highest BCUT2D eigenvalue weighted by Crippen LogP contribution is 2.42. The standard InChI is InChI=1S/C14H17BrClN5/c15-9-4-5-11(10(16)8-9)21-13(18)19-12(17)20-14(21)6-2-1-3-7-14/h4-5,8H,1-3,6-7H2,(H4,17,18,19,20). The first-order chi connectivity index (χ1) is 10.0. The van der Waals surface area contributed by atoms with E-state index >= 15 is 0 Å². The van der Waals surface area contributed by atoms with Crippen molar-refractivity contribution in [3.05, 3.63) is 27.7 Å². The van der Waals surface area contributed by atoms with Crippen LogP contribution in [-0.4, -0.2) is 17.6 Å². The molecule has 1 fully saturated rings. The summed E-state index contributed by atoms with van der Waals surface area (Å²) in [4.78, 5) is 10.7. The summed E-state index contributed by atoms with van der Waals surface area (Å²) in [5.41, 5.74) is 12.4. The Morgan fingerprint density at radius 3 is 2.57 bits per heavy atom. The summed E-state index contributed by atoms with van der Waals surface area (Å²) in [7, 11) is 0. The lowest BCUT2D eigenvalue weighted by Crippen LogP contribution is -2.58. The van der Waals surface area contributed by atoms with Crippen molar-refractivity contribution in [2.24, 2.45) is 21.5 Å². The summed E-state index contributed by atoms with van der Waals surface area (Å²) in [6.07, 6.45) is 5.19. The second-order valence-corrected chi connectivity index (χ2v) is 6.74. The summed E-state index contributed by atoms with van der Waals surface area (Å²) < 4.78 is 0.921. The first kappa shape index (κ1) is 14.7. The predicted octanol–water partition coefficient (Wildman–Crippen LogP) is 3.21. The van der Waals surface area contributed by atoms with Gasteiger partial charge in [-0.2, -0.15) is 4.99 Å². The predicted molar refractivity (Wildman–Crippen MR) is 90.7 cm³/mol. The van der Waals surface area contributed by atoms with Crippen molar-refractivity contribution >= 4 is 45.1 Å². The van der Waals surface area contributed by atoms with Gasteiger partial charge in [-0.15, -0.1) is 0 Å². The third-order valence-corrected chi connectivity index (χ3v) is 4.80. The quantitative estimate of drug-likeness (QED) is 0.796. The molecule has 1 spiro atoms. The van der Waals surface area contributed by atoms with E-state index in [1.54, 1.807) is 0 Å². The van der Waals surface area contributed by atoms with Crippen LogP contribution in [0.25, 0.3) is 0 Å². The Bertz CT molecular complexity index is 622. The third-order valence-electron chi connectivity index (χ3n) is 4.00. The van der Waals surface area contributed by atoms with Crippen LogP contribution in [0, 0.1) is 0 Å². The molecule has 0 bridgehead atoms. The fourth-order valence-electron chi connectivity index (χ4n) is 3.13. The third kappa shape index (κ3) is 2.62. The van der Waals surface area contributed by atoms with Gasteiger partial charge in [-0.1, -0.05) is 34.0 Å². The molecular formula is C14H17BrClN5. The molecule has 21 heavy (non-hydrogen) atoms. The van der Waals surface area contributed by atoms with Gasteiger partial charge in [0.2, 0.25) is 11.9 Å². The number of anilines is 1. The van der Waals surface area contributed by atoms with Crippen LogP contribution in [0.5, 0.6) is 0 Å². The van der Waals surface area contributed by atoms with Crippen LogP contribution in [0.2, 0.25) is 5.02 Å². The van der Waals surface area contributed by atoms with Crippen molar-refractivity contribution < 1.29 is 0 Å². The topological polar surface area (TPSA) is 80.0 Å². The number of hydrogen-bond acceptors (Lipinski definition) is 5. The summed E-state index contributed by atoms with van der Waals surface area (Å²) >= 11 is 9.83. The molecule has 4 N–H and O–H groups in total. The van der Waals surface area contributed by atoms with Crippen molar-refractivity contribution in [1.29, 1.82) is 0 Å². The van der Waals surface area contributed by atoms with Crippen LogP contribution < -0.4 is 16.4 Å². The molecule has 0 aromatic heterocycles. The molecule has 0 unspecified atom stereocenters. The molecule has 1 heterocycles. The van der Waals surface area contributed by atoms with Crippen molar-refractivity contribution in [1.82, 2.24) is 0 Å². The molecule has 1 saturated carbocycles. The number of guanidine groups is 2. The van der Waals surface area contributed by atoms with Crippen LogP contribution in [0.15, 0.2) is 32.7 Å². The zero-order chi connectivity index (χ0) is 15.0. The molecular weight excluding hydrogens is 354 g/mol. The van der Waals surface area contributed by atoms with E-state index in [9.17, 15) is 0 Å². The van der Waals surface area contributed by atoms with E-state index in [2.05, 4.69) is 25.9 Å². The molecule has 0 saturated heterocycles. The van der Waals surface area contributed by atoms with Crippen LogP contribution in [-0.2, 0) is 0 Å². The fourth-order valence-corrected chi connectivity index (χ4v) is 3.89. The minimum atomic E-state index is -0.453. The first-order valence-corrected chi connectivity index (χ1v) is 8.14.